The van der Waals surface area contributed by atoms with Crippen molar-refractivity contribution in [2.24, 2.45) is 18.9 Å². The molecule has 1 saturated heterocycles. The molecule has 128 valence electrons. The molecule has 6 nitrogen and oxygen atoms in total. The first-order valence-electron chi connectivity index (χ1n) is 8.92. The molecule has 25 heavy (non-hydrogen) atoms. The lowest BCUT2D eigenvalue weighted by molar-refractivity contribution is 0.304. The van der Waals surface area contributed by atoms with Crippen molar-refractivity contribution in [3.8, 4) is 11.3 Å². The van der Waals surface area contributed by atoms with Crippen LogP contribution in [0, 0.1) is 11.8 Å². The quantitative estimate of drug-likeness (QED) is 0.735. The van der Waals surface area contributed by atoms with Crippen molar-refractivity contribution in [3.05, 3.63) is 54.5 Å². The predicted octanol–water partition coefficient (Wildman–Crippen LogP) is 1.98. The summed E-state index contributed by atoms with van der Waals surface area (Å²) >= 11 is 0. The summed E-state index contributed by atoms with van der Waals surface area (Å²) < 4.78 is 4.26. The standard InChI is InChI=1S/C19H22N6/c1-23-9-15(7-22-23)18-8-21-19-6-14-10-24(11-16(14)12-25(18)19)13-17-4-2-3-5-20-17/h2-5,7-9,14,16H,6,10-13H2,1H3/t14-,16-/m1/s1. The summed E-state index contributed by atoms with van der Waals surface area (Å²) in [5.41, 5.74) is 3.52. The molecule has 0 radical (unpaired) electrons. The molecule has 2 atom stereocenters. The first kappa shape index (κ1) is 14.8. The molecule has 0 unspecified atom stereocenters. The Morgan fingerprint density at radius 1 is 1.08 bits per heavy atom. The van der Waals surface area contributed by atoms with Gasteiger partial charge in [-0.05, 0) is 24.0 Å². The van der Waals surface area contributed by atoms with E-state index in [9.17, 15) is 0 Å². The maximum atomic E-state index is 4.71. The van der Waals surface area contributed by atoms with Gasteiger partial charge >= 0.3 is 0 Å². The molecule has 2 aliphatic heterocycles. The number of aryl methyl sites for hydroxylation is 1. The Morgan fingerprint density at radius 2 is 2.00 bits per heavy atom. The van der Waals surface area contributed by atoms with Crippen molar-refractivity contribution >= 4 is 0 Å². The molecular weight excluding hydrogens is 312 g/mol. The zero-order valence-corrected chi connectivity index (χ0v) is 14.4. The lowest BCUT2D eigenvalue weighted by atomic mass is 9.89. The molecule has 5 rings (SSSR count). The van der Waals surface area contributed by atoms with E-state index in [0.29, 0.717) is 11.8 Å². The Morgan fingerprint density at radius 3 is 2.80 bits per heavy atom. The maximum Gasteiger partial charge on any atom is 0.109 e. The molecule has 2 aliphatic rings. The second kappa shape index (κ2) is 5.81. The highest BCUT2D eigenvalue weighted by Crippen LogP contribution is 2.35. The van der Waals surface area contributed by atoms with Gasteiger partial charge in [-0.2, -0.15) is 5.10 Å². The molecule has 5 heterocycles. The van der Waals surface area contributed by atoms with Crippen LogP contribution in [0.25, 0.3) is 11.3 Å². The molecule has 0 saturated carbocycles. The number of hydrogen-bond acceptors (Lipinski definition) is 4. The molecular formula is C19H22N6. The Balaban J connectivity index is 1.35. The molecule has 1 fully saturated rings. The van der Waals surface area contributed by atoms with Gasteiger partial charge in [-0.15, -0.1) is 0 Å². The zero-order chi connectivity index (χ0) is 16.8. The minimum atomic E-state index is 0.695. The van der Waals surface area contributed by atoms with Crippen LogP contribution < -0.4 is 0 Å². The second-order valence-corrected chi connectivity index (χ2v) is 7.31. The minimum Gasteiger partial charge on any atom is -0.328 e. The van der Waals surface area contributed by atoms with Crippen LogP contribution in [0.3, 0.4) is 0 Å². The van der Waals surface area contributed by atoms with Gasteiger partial charge < -0.3 is 4.57 Å². The molecule has 0 N–H and O–H groups in total. The highest BCUT2D eigenvalue weighted by Gasteiger charge is 2.38. The Bertz CT molecular complexity index is 880. The fourth-order valence-electron chi connectivity index (χ4n) is 4.36. The summed E-state index contributed by atoms with van der Waals surface area (Å²) in [5, 5.41) is 4.31. The average molecular weight is 334 g/mol. The monoisotopic (exact) mass is 334 g/mol. The molecule has 0 aliphatic carbocycles. The number of hydrogen-bond donors (Lipinski definition) is 0. The van der Waals surface area contributed by atoms with E-state index in [1.54, 1.807) is 0 Å². The molecule has 3 aromatic rings. The van der Waals surface area contributed by atoms with E-state index in [-0.39, 0.29) is 0 Å². The fraction of sp³-hybridized carbons (Fsp3) is 0.421. The average Bonchev–Trinajstić information content (AvgIpc) is 3.31. The molecule has 3 aromatic heterocycles. The predicted molar refractivity (Wildman–Crippen MR) is 94.6 cm³/mol. The van der Waals surface area contributed by atoms with Crippen LogP contribution in [0.5, 0.6) is 0 Å². The Labute approximate surface area is 147 Å². The van der Waals surface area contributed by atoms with Crippen LogP contribution in [0.4, 0.5) is 0 Å². The van der Waals surface area contributed by atoms with E-state index >= 15 is 0 Å². The molecule has 6 heteroatoms. The fourth-order valence-corrected chi connectivity index (χ4v) is 4.36. The summed E-state index contributed by atoms with van der Waals surface area (Å²) in [4.78, 5) is 11.7. The second-order valence-electron chi connectivity index (χ2n) is 7.31. The van der Waals surface area contributed by atoms with Crippen molar-refractivity contribution in [1.29, 1.82) is 0 Å². The van der Waals surface area contributed by atoms with Gasteiger partial charge in [-0.1, -0.05) is 6.07 Å². The number of aromatic nitrogens is 5. The smallest absolute Gasteiger partial charge is 0.109 e. The number of likely N-dealkylation sites (tertiary alicyclic amines) is 1. The van der Waals surface area contributed by atoms with Crippen molar-refractivity contribution in [1.82, 2.24) is 29.2 Å². The van der Waals surface area contributed by atoms with Crippen LogP contribution in [-0.2, 0) is 26.6 Å². The lowest BCUT2D eigenvalue weighted by Gasteiger charge is -2.26. The van der Waals surface area contributed by atoms with E-state index in [2.05, 4.69) is 37.9 Å². The summed E-state index contributed by atoms with van der Waals surface area (Å²) in [7, 11) is 1.96. The topological polar surface area (TPSA) is 51.8 Å². The van der Waals surface area contributed by atoms with Crippen molar-refractivity contribution in [2.75, 3.05) is 13.1 Å². The summed E-state index contributed by atoms with van der Waals surface area (Å²) in [6.45, 7) is 4.30. The van der Waals surface area contributed by atoms with E-state index in [0.717, 1.165) is 43.9 Å². The number of fused-ring (bicyclic) bond motifs is 2. The Kier molecular flexibility index (Phi) is 3.45. The number of imidazole rings is 1. The van der Waals surface area contributed by atoms with Gasteiger partial charge in [-0.3, -0.25) is 14.6 Å². The third kappa shape index (κ3) is 2.66. The van der Waals surface area contributed by atoms with Crippen molar-refractivity contribution < 1.29 is 0 Å². The van der Waals surface area contributed by atoms with Crippen molar-refractivity contribution in [3.63, 3.8) is 0 Å². The third-order valence-corrected chi connectivity index (χ3v) is 5.56. The molecule has 0 bridgehead atoms. The van der Waals surface area contributed by atoms with E-state index in [4.69, 9.17) is 4.98 Å². The highest BCUT2D eigenvalue weighted by atomic mass is 15.2. The Hall–Kier alpha value is -2.47. The normalized spacial score (nSPS) is 22.8. The summed E-state index contributed by atoms with van der Waals surface area (Å²) in [6.07, 6.45) is 8.97. The first-order chi connectivity index (χ1) is 12.3. The van der Waals surface area contributed by atoms with Gasteiger partial charge in [0.25, 0.3) is 0 Å². The summed E-state index contributed by atoms with van der Waals surface area (Å²) in [6, 6.07) is 6.17. The molecule has 0 aromatic carbocycles. The van der Waals surface area contributed by atoms with Crippen LogP contribution in [0.15, 0.2) is 43.0 Å². The van der Waals surface area contributed by atoms with Gasteiger partial charge in [0.05, 0.1) is 23.8 Å². The van der Waals surface area contributed by atoms with Gasteiger partial charge in [-0.25, -0.2) is 4.98 Å². The van der Waals surface area contributed by atoms with Gasteiger partial charge in [0.2, 0.25) is 0 Å². The van der Waals surface area contributed by atoms with E-state index in [1.807, 2.05) is 36.4 Å². The lowest BCUT2D eigenvalue weighted by Crippen LogP contribution is -2.28. The van der Waals surface area contributed by atoms with Crippen LogP contribution >= 0.6 is 0 Å². The van der Waals surface area contributed by atoms with Crippen molar-refractivity contribution in [2.45, 2.75) is 19.5 Å². The largest absolute Gasteiger partial charge is 0.328 e. The maximum absolute atomic E-state index is 4.71. The number of pyridine rings is 1. The summed E-state index contributed by atoms with van der Waals surface area (Å²) in [5.74, 6) is 2.63. The van der Waals surface area contributed by atoms with Gasteiger partial charge in [0.1, 0.15) is 5.82 Å². The minimum absolute atomic E-state index is 0.695. The van der Waals surface area contributed by atoms with E-state index in [1.165, 1.54) is 11.5 Å². The van der Waals surface area contributed by atoms with Gasteiger partial charge in [0, 0.05) is 57.6 Å². The van der Waals surface area contributed by atoms with Crippen LogP contribution in [0.2, 0.25) is 0 Å². The zero-order valence-electron chi connectivity index (χ0n) is 14.4. The van der Waals surface area contributed by atoms with Crippen LogP contribution in [0.1, 0.15) is 11.5 Å². The SMILES string of the molecule is Cn1cc(-c2cnc3n2C[C@H]2CN(Cc4ccccn4)C[C@H]2C3)cn1. The van der Waals surface area contributed by atoms with E-state index < -0.39 is 0 Å². The number of rotatable bonds is 3. The molecule has 0 spiro atoms. The van der Waals surface area contributed by atoms with Gasteiger partial charge in [0.15, 0.2) is 0 Å². The molecule has 0 amide bonds. The third-order valence-electron chi connectivity index (χ3n) is 5.56. The first-order valence-corrected chi connectivity index (χ1v) is 8.92. The van der Waals surface area contributed by atoms with Crippen LogP contribution in [-0.4, -0.2) is 42.3 Å². The number of nitrogens with zero attached hydrogens (tertiary/aromatic N) is 6. The highest BCUT2D eigenvalue weighted by molar-refractivity contribution is 5.57.